The zero-order valence-corrected chi connectivity index (χ0v) is 18.1. The molecule has 168 valence electrons. The summed E-state index contributed by atoms with van der Waals surface area (Å²) in [5.41, 5.74) is 7.45. The molecule has 3 aliphatic rings. The number of nitrogens with two attached hydrogens (primary N) is 1. The van der Waals surface area contributed by atoms with Crippen molar-refractivity contribution in [1.29, 1.82) is 0 Å². The molecule has 31 heavy (non-hydrogen) atoms. The number of likely N-dealkylation sites (tertiary alicyclic amines) is 2. The number of morpholine rings is 1. The van der Waals surface area contributed by atoms with Gasteiger partial charge in [-0.3, -0.25) is 14.4 Å². The van der Waals surface area contributed by atoms with Crippen molar-refractivity contribution < 1.29 is 19.1 Å². The van der Waals surface area contributed by atoms with Gasteiger partial charge in [-0.1, -0.05) is 0 Å². The first-order valence-corrected chi connectivity index (χ1v) is 11.2. The summed E-state index contributed by atoms with van der Waals surface area (Å²) >= 11 is 0. The maximum atomic E-state index is 12.8. The monoisotopic (exact) mass is 429 g/mol. The Morgan fingerprint density at radius 3 is 2.45 bits per heavy atom. The van der Waals surface area contributed by atoms with E-state index in [0.29, 0.717) is 64.5 Å². The van der Waals surface area contributed by atoms with Gasteiger partial charge in [0, 0.05) is 57.3 Å². The van der Waals surface area contributed by atoms with E-state index in [4.69, 9.17) is 10.5 Å². The van der Waals surface area contributed by atoms with Crippen LogP contribution in [0.2, 0.25) is 0 Å². The standard InChI is InChI=1S/C22H31N5O4/c1-2-25-14-16(13-19(25)28)21(29)26-7-5-15(6-8-26)18-4-3-17(20(23)24-18)22(30)27-9-11-31-12-10-27/h3-4,15-16H,2,5-14H2,1H3,(H2,23,24)/t16-/m1/s1. The molecule has 0 bridgehead atoms. The van der Waals surface area contributed by atoms with Gasteiger partial charge in [-0.25, -0.2) is 4.98 Å². The Balaban J connectivity index is 1.34. The molecule has 9 nitrogen and oxygen atoms in total. The lowest BCUT2D eigenvalue weighted by Gasteiger charge is -2.33. The number of rotatable bonds is 4. The predicted molar refractivity (Wildman–Crippen MR) is 114 cm³/mol. The molecule has 3 aliphatic heterocycles. The van der Waals surface area contributed by atoms with Crippen LogP contribution in [0.5, 0.6) is 0 Å². The second-order valence-corrected chi connectivity index (χ2v) is 8.51. The molecule has 0 radical (unpaired) electrons. The van der Waals surface area contributed by atoms with Crippen molar-refractivity contribution in [3.05, 3.63) is 23.4 Å². The molecule has 0 aromatic carbocycles. The maximum Gasteiger partial charge on any atom is 0.257 e. The van der Waals surface area contributed by atoms with E-state index in [1.165, 1.54) is 0 Å². The molecule has 3 fully saturated rings. The average molecular weight is 430 g/mol. The molecule has 1 aromatic rings. The van der Waals surface area contributed by atoms with Crippen LogP contribution in [-0.2, 0) is 14.3 Å². The van der Waals surface area contributed by atoms with E-state index < -0.39 is 0 Å². The fraction of sp³-hybridized carbons (Fsp3) is 0.636. The van der Waals surface area contributed by atoms with Crippen molar-refractivity contribution >= 4 is 23.5 Å². The van der Waals surface area contributed by atoms with Gasteiger partial charge >= 0.3 is 0 Å². The van der Waals surface area contributed by atoms with Crippen molar-refractivity contribution in [3.8, 4) is 0 Å². The van der Waals surface area contributed by atoms with Crippen LogP contribution < -0.4 is 5.73 Å². The van der Waals surface area contributed by atoms with E-state index in [9.17, 15) is 14.4 Å². The van der Waals surface area contributed by atoms with Gasteiger partial charge in [0.2, 0.25) is 11.8 Å². The predicted octanol–water partition coefficient (Wildman–Crippen LogP) is 0.711. The fourth-order valence-electron chi connectivity index (χ4n) is 4.73. The van der Waals surface area contributed by atoms with Gasteiger partial charge in [-0.15, -0.1) is 0 Å². The van der Waals surface area contributed by atoms with Gasteiger partial charge in [-0.2, -0.15) is 0 Å². The van der Waals surface area contributed by atoms with Crippen LogP contribution in [0, 0.1) is 5.92 Å². The number of nitrogens with zero attached hydrogens (tertiary/aromatic N) is 4. The van der Waals surface area contributed by atoms with Crippen molar-refractivity contribution in [2.75, 3.05) is 58.2 Å². The summed E-state index contributed by atoms with van der Waals surface area (Å²) in [7, 11) is 0. The minimum Gasteiger partial charge on any atom is -0.383 e. The van der Waals surface area contributed by atoms with Gasteiger partial charge < -0.3 is 25.2 Å². The summed E-state index contributed by atoms with van der Waals surface area (Å²) in [5, 5.41) is 0. The summed E-state index contributed by atoms with van der Waals surface area (Å²) in [5.74, 6) is 0.299. The van der Waals surface area contributed by atoms with Gasteiger partial charge in [0.15, 0.2) is 0 Å². The Morgan fingerprint density at radius 1 is 1.13 bits per heavy atom. The van der Waals surface area contributed by atoms with Gasteiger partial charge in [-0.05, 0) is 31.9 Å². The van der Waals surface area contributed by atoms with Crippen molar-refractivity contribution in [2.24, 2.45) is 5.92 Å². The molecule has 0 spiro atoms. The molecule has 4 rings (SSSR count). The van der Waals surface area contributed by atoms with Crippen LogP contribution in [0.1, 0.15) is 48.2 Å². The summed E-state index contributed by atoms with van der Waals surface area (Å²) in [6.45, 7) is 6.64. The Morgan fingerprint density at radius 2 is 1.84 bits per heavy atom. The van der Waals surface area contributed by atoms with Crippen LogP contribution in [0.25, 0.3) is 0 Å². The van der Waals surface area contributed by atoms with Crippen LogP contribution in [0.3, 0.4) is 0 Å². The summed E-state index contributed by atoms with van der Waals surface area (Å²) in [4.78, 5) is 47.4. The zero-order valence-electron chi connectivity index (χ0n) is 18.1. The van der Waals surface area contributed by atoms with E-state index in [-0.39, 0.29) is 35.4 Å². The Hall–Kier alpha value is -2.68. The second-order valence-electron chi connectivity index (χ2n) is 8.51. The number of amides is 3. The number of carbonyl (C=O) groups is 3. The highest BCUT2D eigenvalue weighted by Gasteiger charge is 2.37. The second kappa shape index (κ2) is 9.21. The average Bonchev–Trinajstić information content (AvgIpc) is 3.19. The number of ether oxygens (including phenoxy) is 1. The quantitative estimate of drug-likeness (QED) is 0.755. The maximum absolute atomic E-state index is 12.8. The van der Waals surface area contributed by atoms with Crippen LogP contribution in [0.15, 0.2) is 12.1 Å². The first kappa shape index (κ1) is 21.5. The highest BCUT2D eigenvalue weighted by Crippen LogP contribution is 2.30. The van der Waals surface area contributed by atoms with Gasteiger partial charge in [0.25, 0.3) is 5.91 Å². The highest BCUT2D eigenvalue weighted by molar-refractivity contribution is 5.98. The lowest BCUT2D eigenvalue weighted by atomic mass is 9.91. The highest BCUT2D eigenvalue weighted by atomic mass is 16.5. The van der Waals surface area contributed by atoms with Crippen LogP contribution in [0.4, 0.5) is 5.82 Å². The fourth-order valence-corrected chi connectivity index (χ4v) is 4.73. The molecule has 0 aliphatic carbocycles. The first-order chi connectivity index (χ1) is 15.0. The Labute approximate surface area is 182 Å². The molecule has 3 amide bonds. The van der Waals surface area contributed by atoms with E-state index >= 15 is 0 Å². The van der Waals surface area contributed by atoms with Crippen LogP contribution in [-0.4, -0.2) is 89.9 Å². The Bertz CT molecular complexity index is 846. The molecule has 0 unspecified atom stereocenters. The number of carbonyl (C=O) groups excluding carboxylic acids is 3. The SMILES string of the molecule is CCN1C[C@H](C(=O)N2CCC(c3ccc(C(=O)N4CCOCC4)c(N)n3)CC2)CC1=O. The molecule has 4 heterocycles. The largest absolute Gasteiger partial charge is 0.383 e. The molecule has 1 atom stereocenters. The number of aromatic nitrogens is 1. The van der Waals surface area contributed by atoms with Crippen molar-refractivity contribution in [2.45, 2.75) is 32.1 Å². The van der Waals surface area contributed by atoms with E-state index in [2.05, 4.69) is 4.98 Å². The number of anilines is 1. The van der Waals surface area contributed by atoms with Crippen molar-refractivity contribution in [3.63, 3.8) is 0 Å². The van der Waals surface area contributed by atoms with E-state index in [1.807, 2.05) is 17.9 Å². The Kier molecular flexibility index (Phi) is 6.41. The molecule has 9 heteroatoms. The van der Waals surface area contributed by atoms with Gasteiger partial charge in [0.05, 0.1) is 24.7 Å². The van der Waals surface area contributed by atoms with Crippen LogP contribution >= 0.6 is 0 Å². The summed E-state index contributed by atoms with van der Waals surface area (Å²) < 4.78 is 5.30. The van der Waals surface area contributed by atoms with Crippen molar-refractivity contribution in [1.82, 2.24) is 19.7 Å². The number of hydrogen-bond donors (Lipinski definition) is 1. The minimum absolute atomic E-state index is 0.0714. The minimum atomic E-state index is -0.219. The lowest BCUT2D eigenvalue weighted by molar-refractivity contribution is -0.136. The molecule has 2 N–H and O–H groups in total. The molecule has 1 aromatic heterocycles. The van der Waals surface area contributed by atoms with E-state index in [0.717, 1.165) is 18.5 Å². The summed E-state index contributed by atoms with van der Waals surface area (Å²) in [6, 6.07) is 3.66. The third-order valence-electron chi connectivity index (χ3n) is 6.65. The molecular formula is C22H31N5O4. The number of piperidine rings is 1. The molecule has 0 saturated carbocycles. The topological polar surface area (TPSA) is 109 Å². The third kappa shape index (κ3) is 4.51. The lowest BCUT2D eigenvalue weighted by Crippen LogP contribution is -2.42. The zero-order chi connectivity index (χ0) is 22.0. The number of pyridine rings is 1. The summed E-state index contributed by atoms with van der Waals surface area (Å²) in [6.07, 6.45) is 1.92. The van der Waals surface area contributed by atoms with E-state index in [1.54, 1.807) is 15.9 Å². The smallest absolute Gasteiger partial charge is 0.257 e. The molecular weight excluding hydrogens is 398 g/mol. The third-order valence-corrected chi connectivity index (χ3v) is 6.65. The number of nitrogen functional groups attached to an aromatic ring is 1. The first-order valence-electron chi connectivity index (χ1n) is 11.2. The normalized spacial score (nSPS) is 22.8. The molecule has 3 saturated heterocycles. The number of hydrogen-bond acceptors (Lipinski definition) is 6. The van der Waals surface area contributed by atoms with Gasteiger partial charge in [0.1, 0.15) is 5.82 Å².